The number of amides is 1. The molecule has 1 saturated heterocycles. The number of aromatic nitrogens is 2. The number of fused-ring (bicyclic) bond motifs is 1. The van der Waals surface area contributed by atoms with Gasteiger partial charge in [-0.3, -0.25) is 9.36 Å². The van der Waals surface area contributed by atoms with Gasteiger partial charge >= 0.3 is 6.09 Å². The number of carboxylic acid groups (broad SMARTS) is 1. The molecule has 0 aliphatic carbocycles. The number of likely N-dealkylation sites (tertiary alicyclic amines) is 1. The Labute approximate surface area is 162 Å². The van der Waals surface area contributed by atoms with Gasteiger partial charge in [0.05, 0.1) is 11.0 Å². The first-order valence-electron chi connectivity index (χ1n) is 9.36. The Morgan fingerprint density at radius 2 is 1.68 bits per heavy atom. The summed E-state index contributed by atoms with van der Waals surface area (Å²) in [5.74, 6) is 0.164. The maximum atomic E-state index is 13.2. The number of benzene rings is 2. The highest BCUT2D eigenvalue weighted by Gasteiger charge is 2.30. The molecule has 1 fully saturated rings. The van der Waals surface area contributed by atoms with Gasteiger partial charge in [-0.25, -0.2) is 9.78 Å². The predicted octanol–water partition coefficient (Wildman–Crippen LogP) is 4.24. The van der Waals surface area contributed by atoms with Gasteiger partial charge in [0.2, 0.25) is 5.78 Å². The topological polar surface area (TPSA) is 75.4 Å². The van der Waals surface area contributed by atoms with E-state index >= 15 is 0 Å². The van der Waals surface area contributed by atoms with E-state index in [2.05, 4.69) is 4.98 Å². The fourth-order valence-electron chi connectivity index (χ4n) is 3.61. The Balaban J connectivity index is 1.66. The number of hydrogen-bond acceptors (Lipinski definition) is 3. The molecule has 28 heavy (non-hydrogen) atoms. The third-order valence-electron chi connectivity index (χ3n) is 5.17. The summed E-state index contributed by atoms with van der Waals surface area (Å²) >= 11 is 0. The maximum absolute atomic E-state index is 13.2. The van der Waals surface area contributed by atoms with Crippen LogP contribution in [0.5, 0.6) is 0 Å². The van der Waals surface area contributed by atoms with Gasteiger partial charge in [0.15, 0.2) is 5.82 Å². The lowest BCUT2D eigenvalue weighted by Gasteiger charge is -2.28. The van der Waals surface area contributed by atoms with Crippen LogP contribution >= 0.6 is 0 Å². The summed E-state index contributed by atoms with van der Waals surface area (Å²) in [4.78, 5) is 30.3. The molecule has 6 nitrogen and oxygen atoms in total. The van der Waals surface area contributed by atoms with Crippen LogP contribution in [0, 0.1) is 5.92 Å². The molecule has 1 amide bonds. The molecule has 1 N–H and O–H groups in total. The van der Waals surface area contributed by atoms with Crippen molar-refractivity contribution in [2.75, 3.05) is 13.1 Å². The minimum atomic E-state index is -0.927. The summed E-state index contributed by atoms with van der Waals surface area (Å²) < 4.78 is 1.84. The molecule has 0 unspecified atom stereocenters. The van der Waals surface area contributed by atoms with Crippen molar-refractivity contribution < 1.29 is 14.7 Å². The van der Waals surface area contributed by atoms with Crippen molar-refractivity contribution in [1.82, 2.24) is 14.5 Å². The summed E-state index contributed by atoms with van der Waals surface area (Å²) in [7, 11) is 0. The highest BCUT2D eigenvalue weighted by atomic mass is 16.4. The number of Topliss-reactive ketones (excluding diaryl/α,β-unsaturated/α-hetero) is 1. The number of nitrogens with zero attached hydrogens (tertiary/aromatic N) is 3. The van der Waals surface area contributed by atoms with Gasteiger partial charge in [0, 0.05) is 25.2 Å². The second-order valence-electron chi connectivity index (χ2n) is 6.93. The Bertz CT molecular complexity index is 1030. The molecule has 4 rings (SSSR count). The highest BCUT2D eigenvalue weighted by molar-refractivity contribution is 5.99. The molecule has 2 heterocycles. The van der Waals surface area contributed by atoms with Crippen LogP contribution in [0.25, 0.3) is 23.3 Å². The van der Waals surface area contributed by atoms with E-state index in [0.29, 0.717) is 31.8 Å². The first-order chi connectivity index (χ1) is 13.6. The number of carbonyl (C=O) groups is 2. The molecule has 0 spiro atoms. The van der Waals surface area contributed by atoms with Crippen LogP contribution in [-0.2, 0) is 0 Å². The Morgan fingerprint density at radius 1 is 1.00 bits per heavy atom. The quantitative estimate of drug-likeness (QED) is 0.692. The predicted molar refractivity (Wildman–Crippen MR) is 108 cm³/mol. The summed E-state index contributed by atoms with van der Waals surface area (Å²) in [6.07, 6.45) is 3.96. The van der Waals surface area contributed by atoms with Crippen molar-refractivity contribution in [1.29, 1.82) is 0 Å². The molecular weight excluding hydrogens is 354 g/mol. The lowest BCUT2D eigenvalue weighted by atomic mass is 9.92. The van der Waals surface area contributed by atoms with Crippen LogP contribution in [0.15, 0.2) is 54.6 Å². The molecule has 6 heteroatoms. The second kappa shape index (κ2) is 7.68. The van der Waals surface area contributed by atoms with Gasteiger partial charge in [-0.1, -0.05) is 42.5 Å². The zero-order valence-electron chi connectivity index (χ0n) is 15.4. The molecule has 2 aromatic carbocycles. The largest absolute Gasteiger partial charge is 0.465 e. The van der Waals surface area contributed by atoms with Gasteiger partial charge in [0.25, 0.3) is 0 Å². The zero-order valence-corrected chi connectivity index (χ0v) is 15.4. The summed E-state index contributed by atoms with van der Waals surface area (Å²) in [5.41, 5.74) is 2.68. The molecule has 0 saturated carbocycles. The third-order valence-corrected chi connectivity index (χ3v) is 5.17. The van der Waals surface area contributed by atoms with E-state index in [9.17, 15) is 9.59 Å². The fraction of sp³-hybridized carbons (Fsp3) is 0.227. The van der Waals surface area contributed by atoms with Crippen molar-refractivity contribution in [2.45, 2.75) is 12.8 Å². The molecule has 0 atom stereocenters. The van der Waals surface area contributed by atoms with Crippen LogP contribution in [0.4, 0.5) is 4.79 Å². The van der Waals surface area contributed by atoms with Gasteiger partial charge in [-0.05, 0) is 36.6 Å². The average Bonchev–Trinajstić information content (AvgIpc) is 3.11. The first kappa shape index (κ1) is 18.0. The standard InChI is InChI=1S/C22H21N3O3/c26-20(17-11-13-24(14-12-17)22(27)28)21-23-18-8-4-5-9-19(18)25(21)15-10-16-6-2-1-3-7-16/h1-10,15,17H,11-14H2,(H,27,28). The number of piperidine rings is 1. The maximum Gasteiger partial charge on any atom is 0.407 e. The van der Waals surface area contributed by atoms with E-state index in [1.807, 2.05) is 71.4 Å². The Kier molecular flexibility index (Phi) is 4.93. The van der Waals surface area contributed by atoms with Crippen molar-refractivity contribution in [3.63, 3.8) is 0 Å². The normalized spacial score (nSPS) is 15.4. The number of carbonyl (C=O) groups excluding carboxylic acids is 1. The second-order valence-corrected chi connectivity index (χ2v) is 6.93. The van der Waals surface area contributed by atoms with Crippen molar-refractivity contribution in [3.05, 3.63) is 66.0 Å². The number of hydrogen-bond donors (Lipinski definition) is 1. The highest BCUT2D eigenvalue weighted by Crippen LogP contribution is 2.25. The fourth-order valence-corrected chi connectivity index (χ4v) is 3.61. The van der Waals surface area contributed by atoms with Crippen molar-refractivity contribution >= 4 is 35.2 Å². The molecule has 142 valence electrons. The van der Waals surface area contributed by atoms with Crippen LogP contribution in [0.2, 0.25) is 0 Å². The Morgan fingerprint density at radius 3 is 2.39 bits per heavy atom. The van der Waals surface area contributed by atoms with E-state index < -0.39 is 6.09 Å². The monoisotopic (exact) mass is 375 g/mol. The van der Waals surface area contributed by atoms with Gasteiger partial charge < -0.3 is 10.0 Å². The third kappa shape index (κ3) is 3.53. The summed E-state index contributed by atoms with van der Waals surface area (Å²) in [6, 6.07) is 17.6. The van der Waals surface area contributed by atoms with Gasteiger partial charge in [0.1, 0.15) is 0 Å². The van der Waals surface area contributed by atoms with Crippen LogP contribution < -0.4 is 0 Å². The lowest BCUT2D eigenvalue weighted by molar-refractivity contribution is 0.0810. The van der Waals surface area contributed by atoms with Gasteiger partial charge in [-0.2, -0.15) is 0 Å². The van der Waals surface area contributed by atoms with Crippen molar-refractivity contribution in [3.8, 4) is 0 Å². The van der Waals surface area contributed by atoms with E-state index in [1.54, 1.807) is 0 Å². The van der Waals surface area contributed by atoms with E-state index in [-0.39, 0.29) is 11.7 Å². The van der Waals surface area contributed by atoms with Crippen LogP contribution in [0.1, 0.15) is 29.0 Å². The molecule has 0 bridgehead atoms. The van der Waals surface area contributed by atoms with E-state index in [4.69, 9.17) is 5.11 Å². The smallest absolute Gasteiger partial charge is 0.407 e. The zero-order chi connectivity index (χ0) is 19.5. The molecular formula is C22H21N3O3. The minimum absolute atomic E-state index is 0.0287. The van der Waals surface area contributed by atoms with Gasteiger partial charge in [-0.15, -0.1) is 0 Å². The summed E-state index contributed by atoms with van der Waals surface area (Å²) in [6.45, 7) is 0.762. The molecule has 0 radical (unpaired) electrons. The Hall–Kier alpha value is -3.41. The number of ketones is 1. The van der Waals surface area contributed by atoms with E-state index in [0.717, 1.165) is 16.6 Å². The summed E-state index contributed by atoms with van der Waals surface area (Å²) in [5, 5.41) is 9.11. The molecule has 3 aromatic rings. The molecule has 1 aromatic heterocycles. The molecule has 1 aliphatic heterocycles. The van der Waals surface area contributed by atoms with E-state index in [1.165, 1.54) is 4.90 Å². The SMILES string of the molecule is O=C(c1nc2ccccc2n1C=Cc1ccccc1)C1CCN(C(=O)O)CC1. The number of imidazole rings is 1. The lowest BCUT2D eigenvalue weighted by Crippen LogP contribution is -2.39. The van der Waals surface area contributed by atoms with Crippen LogP contribution in [-0.4, -0.2) is 44.5 Å². The number of para-hydroxylation sites is 2. The first-order valence-corrected chi connectivity index (χ1v) is 9.36. The van der Waals surface area contributed by atoms with Crippen LogP contribution in [0.3, 0.4) is 0 Å². The average molecular weight is 375 g/mol. The molecule has 1 aliphatic rings. The van der Waals surface area contributed by atoms with Crippen molar-refractivity contribution in [2.24, 2.45) is 5.92 Å². The number of rotatable bonds is 4. The minimum Gasteiger partial charge on any atom is -0.465 e.